The third-order valence-electron chi connectivity index (χ3n) is 3.91. The van der Waals surface area contributed by atoms with Gasteiger partial charge in [-0.25, -0.2) is 4.79 Å². The van der Waals surface area contributed by atoms with E-state index >= 15 is 0 Å². The molecule has 104 valence electrons. The fraction of sp³-hybridized carbons (Fsp3) is 0.533. The average molecular weight is 262 g/mol. The molecule has 19 heavy (non-hydrogen) atoms. The number of nitrogens with zero attached hydrogens (tertiary/aromatic N) is 1. The van der Waals surface area contributed by atoms with Crippen LogP contribution in [0.4, 0.5) is 4.79 Å². The Bertz CT molecular complexity index is 421. The number of nitrogens with one attached hydrogen (secondary N) is 1. The number of likely N-dealkylation sites (N-methyl/N-ethyl adjacent to an activating group) is 1. The lowest BCUT2D eigenvalue weighted by Crippen LogP contribution is -2.44. The minimum atomic E-state index is -0.149. The Morgan fingerprint density at radius 1 is 1.47 bits per heavy atom. The van der Waals surface area contributed by atoms with E-state index in [-0.39, 0.29) is 18.7 Å². The molecule has 0 saturated heterocycles. The van der Waals surface area contributed by atoms with Crippen LogP contribution in [-0.4, -0.2) is 42.3 Å². The summed E-state index contributed by atoms with van der Waals surface area (Å²) in [6.07, 6.45) is 1.14. The van der Waals surface area contributed by atoms with Gasteiger partial charge in [-0.15, -0.1) is 0 Å². The van der Waals surface area contributed by atoms with Crippen molar-refractivity contribution in [2.24, 2.45) is 5.92 Å². The Hall–Kier alpha value is -1.55. The summed E-state index contributed by atoms with van der Waals surface area (Å²) >= 11 is 0. The molecule has 4 nitrogen and oxygen atoms in total. The molecule has 0 bridgehead atoms. The van der Waals surface area contributed by atoms with Crippen LogP contribution in [0, 0.1) is 5.92 Å². The number of benzene rings is 1. The second-order valence-electron chi connectivity index (χ2n) is 5.34. The molecule has 0 spiro atoms. The fourth-order valence-electron chi connectivity index (χ4n) is 2.25. The standard InChI is InChI=1S/C15H22N2O2/c1-11(10-18)17(2)15(19)16-9-13-8-14(13)12-6-4-3-5-7-12/h3-7,11,13-14,18H,8-10H2,1-2H3,(H,16,19). The fourth-order valence-corrected chi connectivity index (χ4v) is 2.25. The van der Waals surface area contributed by atoms with Crippen LogP contribution in [0.5, 0.6) is 0 Å². The molecule has 1 aliphatic carbocycles. The van der Waals surface area contributed by atoms with E-state index < -0.39 is 0 Å². The maximum absolute atomic E-state index is 11.8. The third-order valence-corrected chi connectivity index (χ3v) is 3.91. The van der Waals surface area contributed by atoms with Crippen molar-refractivity contribution in [2.75, 3.05) is 20.2 Å². The zero-order chi connectivity index (χ0) is 13.8. The summed E-state index contributed by atoms with van der Waals surface area (Å²) in [5.74, 6) is 1.13. The summed E-state index contributed by atoms with van der Waals surface area (Å²) in [4.78, 5) is 13.4. The van der Waals surface area contributed by atoms with Crippen molar-refractivity contribution in [1.82, 2.24) is 10.2 Å². The van der Waals surface area contributed by atoms with Gasteiger partial charge in [0.15, 0.2) is 0 Å². The van der Waals surface area contributed by atoms with Gasteiger partial charge in [0.05, 0.1) is 12.6 Å². The number of carbonyl (C=O) groups is 1. The topological polar surface area (TPSA) is 52.6 Å². The number of amides is 2. The van der Waals surface area contributed by atoms with E-state index in [1.807, 2.05) is 13.0 Å². The first-order valence-corrected chi connectivity index (χ1v) is 6.80. The van der Waals surface area contributed by atoms with Gasteiger partial charge in [-0.3, -0.25) is 0 Å². The summed E-state index contributed by atoms with van der Waals surface area (Å²) in [5, 5.41) is 11.9. The van der Waals surface area contributed by atoms with E-state index in [0.717, 1.165) is 6.42 Å². The maximum atomic E-state index is 11.8. The molecule has 2 rings (SSSR count). The molecule has 1 fully saturated rings. The second-order valence-corrected chi connectivity index (χ2v) is 5.34. The van der Waals surface area contributed by atoms with Crippen molar-refractivity contribution in [3.05, 3.63) is 35.9 Å². The molecule has 0 heterocycles. The first kappa shape index (κ1) is 13.9. The molecule has 0 aromatic heterocycles. The average Bonchev–Trinajstić information content (AvgIpc) is 3.23. The van der Waals surface area contributed by atoms with Gasteiger partial charge in [0, 0.05) is 13.6 Å². The highest BCUT2D eigenvalue weighted by Crippen LogP contribution is 2.46. The molecule has 2 N–H and O–H groups in total. The minimum Gasteiger partial charge on any atom is -0.394 e. The summed E-state index contributed by atoms with van der Waals surface area (Å²) in [5.41, 5.74) is 1.36. The lowest BCUT2D eigenvalue weighted by atomic mass is 10.1. The number of aliphatic hydroxyl groups is 1. The summed E-state index contributed by atoms with van der Waals surface area (Å²) in [7, 11) is 1.71. The van der Waals surface area contributed by atoms with Gasteiger partial charge in [0.25, 0.3) is 0 Å². The molecule has 0 aliphatic heterocycles. The smallest absolute Gasteiger partial charge is 0.317 e. The SMILES string of the molecule is CC(CO)N(C)C(=O)NCC1CC1c1ccccc1. The van der Waals surface area contributed by atoms with Crippen LogP contribution in [-0.2, 0) is 0 Å². The predicted octanol–water partition coefficient (Wildman–Crippen LogP) is 1.81. The lowest BCUT2D eigenvalue weighted by molar-refractivity contribution is 0.157. The van der Waals surface area contributed by atoms with Crippen LogP contribution in [0.3, 0.4) is 0 Å². The van der Waals surface area contributed by atoms with E-state index in [1.54, 1.807) is 11.9 Å². The molecule has 3 atom stereocenters. The van der Waals surface area contributed by atoms with Gasteiger partial charge in [0.2, 0.25) is 0 Å². The van der Waals surface area contributed by atoms with Crippen LogP contribution in [0.15, 0.2) is 30.3 Å². The first-order chi connectivity index (χ1) is 9.13. The maximum Gasteiger partial charge on any atom is 0.317 e. The van der Waals surface area contributed by atoms with Crippen molar-refractivity contribution in [1.29, 1.82) is 0 Å². The Morgan fingerprint density at radius 3 is 2.79 bits per heavy atom. The molecule has 1 aliphatic rings. The molecular formula is C15H22N2O2. The minimum absolute atomic E-state index is 0.0139. The van der Waals surface area contributed by atoms with E-state index in [4.69, 9.17) is 5.11 Å². The number of carbonyl (C=O) groups excluding carboxylic acids is 1. The van der Waals surface area contributed by atoms with Crippen molar-refractivity contribution in [3.63, 3.8) is 0 Å². The molecule has 1 saturated carbocycles. The number of urea groups is 1. The molecule has 1 aromatic rings. The molecular weight excluding hydrogens is 240 g/mol. The number of hydrogen-bond donors (Lipinski definition) is 2. The first-order valence-electron chi connectivity index (χ1n) is 6.80. The Labute approximate surface area is 114 Å². The van der Waals surface area contributed by atoms with E-state index in [9.17, 15) is 4.79 Å². The van der Waals surface area contributed by atoms with Gasteiger partial charge in [-0.2, -0.15) is 0 Å². The largest absolute Gasteiger partial charge is 0.394 e. The molecule has 1 aromatic carbocycles. The van der Waals surface area contributed by atoms with Gasteiger partial charge in [-0.05, 0) is 30.7 Å². The Balaban J connectivity index is 1.75. The highest BCUT2D eigenvalue weighted by Gasteiger charge is 2.38. The Morgan fingerprint density at radius 2 is 2.16 bits per heavy atom. The van der Waals surface area contributed by atoms with E-state index in [0.29, 0.717) is 18.4 Å². The van der Waals surface area contributed by atoms with Crippen LogP contribution < -0.4 is 5.32 Å². The molecule has 0 radical (unpaired) electrons. The van der Waals surface area contributed by atoms with Crippen LogP contribution in [0.2, 0.25) is 0 Å². The van der Waals surface area contributed by atoms with Gasteiger partial charge < -0.3 is 15.3 Å². The van der Waals surface area contributed by atoms with Crippen LogP contribution in [0.1, 0.15) is 24.8 Å². The monoisotopic (exact) mass is 262 g/mol. The highest BCUT2D eigenvalue weighted by atomic mass is 16.3. The molecule has 3 unspecified atom stereocenters. The van der Waals surface area contributed by atoms with Crippen LogP contribution in [0.25, 0.3) is 0 Å². The molecule has 2 amide bonds. The highest BCUT2D eigenvalue weighted by molar-refractivity contribution is 5.74. The van der Waals surface area contributed by atoms with Crippen molar-refractivity contribution >= 4 is 6.03 Å². The van der Waals surface area contributed by atoms with Gasteiger partial charge >= 0.3 is 6.03 Å². The summed E-state index contributed by atoms with van der Waals surface area (Å²) in [6.45, 7) is 2.52. The van der Waals surface area contributed by atoms with Crippen molar-refractivity contribution < 1.29 is 9.90 Å². The zero-order valence-electron chi connectivity index (χ0n) is 11.5. The van der Waals surface area contributed by atoms with Crippen molar-refractivity contribution in [3.8, 4) is 0 Å². The third kappa shape index (κ3) is 3.47. The van der Waals surface area contributed by atoms with Gasteiger partial charge in [0.1, 0.15) is 0 Å². The van der Waals surface area contributed by atoms with Crippen molar-refractivity contribution in [2.45, 2.75) is 25.3 Å². The van der Waals surface area contributed by atoms with Crippen LogP contribution >= 0.6 is 0 Å². The lowest BCUT2D eigenvalue weighted by Gasteiger charge is -2.23. The Kier molecular flexibility index (Phi) is 4.43. The van der Waals surface area contributed by atoms with E-state index in [1.165, 1.54) is 5.56 Å². The normalized spacial score (nSPS) is 22.7. The van der Waals surface area contributed by atoms with E-state index in [2.05, 4.69) is 29.6 Å². The molecule has 4 heteroatoms. The quantitative estimate of drug-likeness (QED) is 0.850. The number of hydrogen-bond acceptors (Lipinski definition) is 2. The van der Waals surface area contributed by atoms with Gasteiger partial charge in [-0.1, -0.05) is 30.3 Å². The second kappa shape index (κ2) is 6.06. The predicted molar refractivity (Wildman–Crippen MR) is 75.0 cm³/mol. The number of aliphatic hydroxyl groups excluding tert-OH is 1. The summed E-state index contributed by atoms with van der Waals surface area (Å²) in [6, 6.07) is 10.2. The zero-order valence-corrected chi connectivity index (χ0v) is 11.5. The summed E-state index contributed by atoms with van der Waals surface area (Å²) < 4.78 is 0. The number of rotatable bonds is 5.